The summed E-state index contributed by atoms with van der Waals surface area (Å²) >= 11 is 0. The van der Waals surface area contributed by atoms with Crippen LogP contribution in [0.4, 0.5) is 0 Å². The van der Waals surface area contributed by atoms with Gasteiger partial charge in [0.25, 0.3) is 0 Å². The van der Waals surface area contributed by atoms with E-state index in [1.54, 1.807) is 7.11 Å². The number of rotatable bonds is 6. The Balaban J connectivity index is 2.60. The van der Waals surface area contributed by atoms with Crippen molar-refractivity contribution in [1.29, 1.82) is 0 Å². The highest BCUT2D eigenvalue weighted by Gasteiger charge is 2.40. The first-order valence-corrected chi connectivity index (χ1v) is 5.40. The van der Waals surface area contributed by atoms with Gasteiger partial charge in [0.2, 0.25) is 0 Å². The van der Waals surface area contributed by atoms with Crippen molar-refractivity contribution in [3.05, 3.63) is 0 Å². The van der Waals surface area contributed by atoms with Crippen LogP contribution in [0.1, 0.15) is 33.1 Å². The SMILES string of the molecule is COC(=O)C(C)(CC(C)OC)NC1CC1. The normalized spacial score (nSPS) is 21.9. The molecule has 1 saturated carbocycles. The molecular weight excluding hydrogens is 194 g/mol. The van der Waals surface area contributed by atoms with Crippen molar-refractivity contribution in [2.24, 2.45) is 0 Å². The third-order valence-corrected chi connectivity index (χ3v) is 2.83. The summed E-state index contributed by atoms with van der Waals surface area (Å²) in [6.45, 7) is 3.84. The molecule has 88 valence electrons. The molecule has 1 rings (SSSR count). The van der Waals surface area contributed by atoms with E-state index in [0.717, 1.165) is 12.8 Å². The number of esters is 1. The van der Waals surface area contributed by atoms with Crippen molar-refractivity contribution in [3.63, 3.8) is 0 Å². The third-order valence-electron chi connectivity index (χ3n) is 2.83. The van der Waals surface area contributed by atoms with E-state index in [4.69, 9.17) is 9.47 Å². The van der Waals surface area contributed by atoms with Crippen LogP contribution in [0, 0.1) is 0 Å². The quantitative estimate of drug-likeness (QED) is 0.674. The van der Waals surface area contributed by atoms with Gasteiger partial charge in [0.1, 0.15) is 5.54 Å². The Bertz CT molecular complexity index is 228. The predicted octanol–water partition coefficient (Wildman–Crippen LogP) is 1.10. The number of methoxy groups -OCH3 is 2. The molecular formula is C11H21NO3. The van der Waals surface area contributed by atoms with Crippen LogP contribution in [-0.2, 0) is 14.3 Å². The van der Waals surface area contributed by atoms with Gasteiger partial charge < -0.3 is 9.47 Å². The molecule has 15 heavy (non-hydrogen) atoms. The molecule has 4 nitrogen and oxygen atoms in total. The van der Waals surface area contributed by atoms with Crippen LogP contribution in [0.15, 0.2) is 0 Å². The van der Waals surface area contributed by atoms with E-state index in [1.807, 2.05) is 13.8 Å². The lowest BCUT2D eigenvalue weighted by Gasteiger charge is -2.30. The molecule has 0 radical (unpaired) electrons. The Morgan fingerprint density at radius 3 is 2.53 bits per heavy atom. The third kappa shape index (κ3) is 3.47. The highest BCUT2D eigenvalue weighted by Crippen LogP contribution is 2.26. The zero-order valence-corrected chi connectivity index (χ0v) is 10.0. The summed E-state index contributed by atoms with van der Waals surface area (Å²) in [6, 6.07) is 0.471. The van der Waals surface area contributed by atoms with Crippen molar-refractivity contribution in [1.82, 2.24) is 5.32 Å². The van der Waals surface area contributed by atoms with Gasteiger partial charge in [0, 0.05) is 19.6 Å². The summed E-state index contributed by atoms with van der Waals surface area (Å²) in [5, 5.41) is 3.33. The molecule has 0 bridgehead atoms. The van der Waals surface area contributed by atoms with E-state index in [0.29, 0.717) is 12.5 Å². The Labute approximate surface area is 91.3 Å². The fraction of sp³-hybridized carbons (Fsp3) is 0.909. The number of nitrogens with one attached hydrogen (secondary N) is 1. The van der Waals surface area contributed by atoms with E-state index in [1.165, 1.54) is 7.11 Å². The topological polar surface area (TPSA) is 47.6 Å². The molecule has 4 heteroatoms. The molecule has 1 aliphatic rings. The van der Waals surface area contributed by atoms with Gasteiger partial charge >= 0.3 is 5.97 Å². The molecule has 0 spiro atoms. The maximum atomic E-state index is 11.7. The first-order valence-electron chi connectivity index (χ1n) is 5.40. The van der Waals surface area contributed by atoms with Gasteiger partial charge in [-0.3, -0.25) is 10.1 Å². The van der Waals surface area contributed by atoms with Crippen molar-refractivity contribution in [2.45, 2.75) is 50.8 Å². The van der Waals surface area contributed by atoms with E-state index in [2.05, 4.69) is 5.32 Å². The van der Waals surface area contributed by atoms with Gasteiger partial charge in [-0.1, -0.05) is 0 Å². The van der Waals surface area contributed by atoms with Crippen LogP contribution < -0.4 is 5.32 Å². The maximum Gasteiger partial charge on any atom is 0.325 e. The van der Waals surface area contributed by atoms with Gasteiger partial charge in [-0.25, -0.2) is 0 Å². The predicted molar refractivity (Wildman–Crippen MR) is 57.7 cm³/mol. The van der Waals surface area contributed by atoms with Crippen molar-refractivity contribution in [3.8, 4) is 0 Å². The van der Waals surface area contributed by atoms with Gasteiger partial charge in [-0.2, -0.15) is 0 Å². The van der Waals surface area contributed by atoms with Crippen molar-refractivity contribution < 1.29 is 14.3 Å². The maximum absolute atomic E-state index is 11.7. The lowest BCUT2D eigenvalue weighted by Crippen LogP contribution is -2.53. The second-order valence-corrected chi connectivity index (χ2v) is 4.49. The standard InChI is InChI=1S/C11H21NO3/c1-8(14-3)7-11(2,10(13)15-4)12-9-5-6-9/h8-9,12H,5-7H2,1-4H3. The fourth-order valence-corrected chi connectivity index (χ4v) is 1.76. The smallest absolute Gasteiger partial charge is 0.325 e. The molecule has 0 amide bonds. The summed E-state index contributed by atoms with van der Waals surface area (Å²) in [5.41, 5.74) is -0.620. The average molecular weight is 215 g/mol. The van der Waals surface area contributed by atoms with Gasteiger partial charge in [-0.15, -0.1) is 0 Å². The molecule has 0 aliphatic heterocycles. The molecule has 0 aromatic carbocycles. The lowest BCUT2D eigenvalue weighted by atomic mass is 9.94. The fourth-order valence-electron chi connectivity index (χ4n) is 1.76. The monoisotopic (exact) mass is 215 g/mol. The van der Waals surface area contributed by atoms with E-state index < -0.39 is 5.54 Å². The first kappa shape index (κ1) is 12.5. The number of carbonyl (C=O) groups excluding carboxylic acids is 1. The number of hydrogen-bond donors (Lipinski definition) is 1. The van der Waals surface area contributed by atoms with Crippen molar-refractivity contribution in [2.75, 3.05) is 14.2 Å². The van der Waals surface area contributed by atoms with E-state index >= 15 is 0 Å². The molecule has 0 aromatic rings. The largest absolute Gasteiger partial charge is 0.468 e. The van der Waals surface area contributed by atoms with E-state index in [9.17, 15) is 4.79 Å². The summed E-state index contributed by atoms with van der Waals surface area (Å²) < 4.78 is 10.0. The second kappa shape index (κ2) is 4.94. The zero-order chi connectivity index (χ0) is 11.5. The second-order valence-electron chi connectivity index (χ2n) is 4.49. The molecule has 2 unspecified atom stereocenters. The van der Waals surface area contributed by atoms with Crippen LogP contribution in [0.25, 0.3) is 0 Å². The highest BCUT2D eigenvalue weighted by molar-refractivity contribution is 5.80. The Morgan fingerprint density at radius 1 is 1.53 bits per heavy atom. The van der Waals surface area contributed by atoms with Gasteiger partial charge in [-0.05, 0) is 26.7 Å². The molecule has 1 N–H and O–H groups in total. The average Bonchev–Trinajstić information content (AvgIpc) is 2.99. The van der Waals surface area contributed by atoms with Gasteiger partial charge in [0.15, 0.2) is 0 Å². The molecule has 1 aliphatic carbocycles. The minimum absolute atomic E-state index is 0.0420. The summed E-state index contributed by atoms with van der Waals surface area (Å²) in [5.74, 6) is -0.210. The van der Waals surface area contributed by atoms with Crippen LogP contribution in [-0.4, -0.2) is 37.9 Å². The zero-order valence-electron chi connectivity index (χ0n) is 10.0. The summed E-state index contributed by atoms with van der Waals surface area (Å²) in [4.78, 5) is 11.7. The van der Waals surface area contributed by atoms with Crippen LogP contribution in [0.2, 0.25) is 0 Å². The highest BCUT2D eigenvalue weighted by atomic mass is 16.5. The minimum atomic E-state index is -0.620. The molecule has 0 aromatic heterocycles. The van der Waals surface area contributed by atoms with Crippen LogP contribution >= 0.6 is 0 Å². The summed E-state index contributed by atoms with van der Waals surface area (Å²) in [7, 11) is 3.08. The molecule has 0 heterocycles. The molecule has 0 saturated heterocycles. The Hall–Kier alpha value is -0.610. The van der Waals surface area contributed by atoms with Crippen LogP contribution in [0.5, 0.6) is 0 Å². The molecule has 1 fully saturated rings. The number of hydrogen-bond acceptors (Lipinski definition) is 4. The van der Waals surface area contributed by atoms with Gasteiger partial charge in [0.05, 0.1) is 13.2 Å². The lowest BCUT2D eigenvalue weighted by molar-refractivity contribution is -0.149. The summed E-state index contributed by atoms with van der Waals surface area (Å²) in [6.07, 6.45) is 2.97. The molecule has 2 atom stereocenters. The van der Waals surface area contributed by atoms with Crippen molar-refractivity contribution >= 4 is 5.97 Å². The number of carbonyl (C=O) groups is 1. The van der Waals surface area contributed by atoms with E-state index in [-0.39, 0.29) is 12.1 Å². The van der Waals surface area contributed by atoms with Crippen LogP contribution in [0.3, 0.4) is 0 Å². The Kier molecular flexibility index (Phi) is 4.11. The number of ether oxygens (including phenoxy) is 2. The Morgan fingerprint density at radius 2 is 2.13 bits per heavy atom. The minimum Gasteiger partial charge on any atom is -0.468 e. The first-order chi connectivity index (χ1) is 7.01.